The summed E-state index contributed by atoms with van der Waals surface area (Å²) in [5.74, 6) is 0. The molecule has 0 saturated carbocycles. The van der Waals surface area contributed by atoms with Crippen LogP contribution in [0.2, 0.25) is 0 Å². The first-order chi connectivity index (χ1) is 11.4. The second kappa shape index (κ2) is 8.28. The number of aliphatic hydroxyl groups is 1. The molecule has 6 heteroatoms. The lowest BCUT2D eigenvalue weighted by Gasteiger charge is -2.24. The van der Waals surface area contributed by atoms with Gasteiger partial charge in [0.1, 0.15) is 0 Å². The number of benzene rings is 2. The van der Waals surface area contributed by atoms with Crippen molar-refractivity contribution in [2.24, 2.45) is 0 Å². The number of sulfonamides is 1. The predicted octanol–water partition coefficient (Wildman–Crippen LogP) is 2.83. The van der Waals surface area contributed by atoms with Crippen LogP contribution in [0.15, 0.2) is 54.6 Å². The van der Waals surface area contributed by atoms with Crippen molar-refractivity contribution in [3.05, 3.63) is 65.7 Å². The van der Waals surface area contributed by atoms with Crippen molar-refractivity contribution < 1.29 is 13.5 Å². The summed E-state index contributed by atoms with van der Waals surface area (Å²) in [7, 11) is -3.27. The molecule has 2 aromatic rings. The lowest BCUT2D eigenvalue weighted by atomic mass is 10.0. The van der Waals surface area contributed by atoms with Crippen LogP contribution in [-0.2, 0) is 10.0 Å². The molecule has 0 aliphatic carbocycles. The Kier molecular flexibility index (Phi) is 6.36. The van der Waals surface area contributed by atoms with Crippen molar-refractivity contribution in [1.29, 1.82) is 0 Å². The molecule has 2 aromatic carbocycles. The molecule has 0 amide bonds. The fraction of sp³-hybridized carbons (Fsp3) is 0.333. The first kappa shape index (κ1) is 18.4. The fourth-order valence-electron chi connectivity index (χ4n) is 2.61. The number of anilines is 1. The molecule has 2 rings (SSSR count). The highest BCUT2D eigenvalue weighted by molar-refractivity contribution is 7.92. The first-order valence-corrected chi connectivity index (χ1v) is 9.78. The molecule has 0 spiro atoms. The monoisotopic (exact) mass is 348 g/mol. The summed E-state index contributed by atoms with van der Waals surface area (Å²) in [6.07, 6.45) is 1.76. The molecule has 0 fully saturated rings. The van der Waals surface area contributed by atoms with Gasteiger partial charge >= 0.3 is 0 Å². The Morgan fingerprint density at radius 1 is 1.00 bits per heavy atom. The number of hydrogen-bond donors (Lipinski definition) is 3. The second-order valence-electron chi connectivity index (χ2n) is 5.86. The van der Waals surface area contributed by atoms with E-state index in [1.54, 1.807) is 12.1 Å². The van der Waals surface area contributed by atoms with Gasteiger partial charge in [-0.25, -0.2) is 8.42 Å². The van der Waals surface area contributed by atoms with E-state index in [1.807, 2.05) is 49.4 Å². The van der Waals surface area contributed by atoms with Gasteiger partial charge in [0.15, 0.2) is 0 Å². The summed E-state index contributed by atoms with van der Waals surface area (Å²) >= 11 is 0. The van der Waals surface area contributed by atoms with Gasteiger partial charge in [-0.15, -0.1) is 0 Å². The number of rotatable bonds is 8. The molecule has 0 bridgehead atoms. The van der Waals surface area contributed by atoms with Crippen molar-refractivity contribution in [1.82, 2.24) is 5.32 Å². The Hall–Kier alpha value is -1.89. The van der Waals surface area contributed by atoms with Crippen LogP contribution in [0.5, 0.6) is 0 Å². The van der Waals surface area contributed by atoms with E-state index < -0.39 is 10.0 Å². The summed E-state index contributed by atoms with van der Waals surface area (Å²) in [6, 6.07) is 17.4. The highest BCUT2D eigenvalue weighted by atomic mass is 32.2. The maximum Gasteiger partial charge on any atom is 0.229 e. The highest BCUT2D eigenvalue weighted by Crippen LogP contribution is 2.23. The standard InChI is InChI=1S/C18H24N2O3S/c1-14(15-8-10-17(11-9-15)20-24(2,22)23)19-18(12-13-21)16-6-4-3-5-7-16/h3-11,14,18-21H,12-13H2,1-2H3/t14?,18-/m1/s1. The topological polar surface area (TPSA) is 78.4 Å². The molecule has 2 atom stereocenters. The van der Waals surface area contributed by atoms with Gasteiger partial charge in [-0.2, -0.15) is 0 Å². The van der Waals surface area contributed by atoms with E-state index in [4.69, 9.17) is 0 Å². The van der Waals surface area contributed by atoms with Gasteiger partial charge in [0.25, 0.3) is 0 Å². The zero-order valence-corrected chi connectivity index (χ0v) is 14.8. The van der Waals surface area contributed by atoms with E-state index in [-0.39, 0.29) is 18.7 Å². The van der Waals surface area contributed by atoms with E-state index in [2.05, 4.69) is 10.0 Å². The van der Waals surface area contributed by atoms with Crippen LogP contribution in [0.1, 0.15) is 36.6 Å². The van der Waals surface area contributed by atoms with Crippen molar-refractivity contribution >= 4 is 15.7 Å². The Bertz CT molecular complexity index is 731. The Balaban J connectivity index is 2.08. The van der Waals surface area contributed by atoms with Crippen molar-refractivity contribution in [3.63, 3.8) is 0 Å². The molecule has 1 unspecified atom stereocenters. The number of hydrogen-bond acceptors (Lipinski definition) is 4. The second-order valence-corrected chi connectivity index (χ2v) is 7.61. The van der Waals surface area contributed by atoms with E-state index in [0.717, 1.165) is 17.4 Å². The Morgan fingerprint density at radius 2 is 1.62 bits per heavy atom. The first-order valence-electron chi connectivity index (χ1n) is 7.88. The minimum Gasteiger partial charge on any atom is -0.396 e. The predicted molar refractivity (Wildman–Crippen MR) is 97.3 cm³/mol. The number of aliphatic hydroxyl groups excluding tert-OH is 1. The lowest BCUT2D eigenvalue weighted by molar-refractivity contribution is 0.260. The van der Waals surface area contributed by atoms with Crippen molar-refractivity contribution in [2.75, 3.05) is 17.6 Å². The summed E-state index contributed by atoms with van der Waals surface area (Å²) in [6.45, 7) is 2.16. The molecule has 3 N–H and O–H groups in total. The molecular weight excluding hydrogens is 324 g/mol. The van der Waals surface area contributed by atoms with E-state index in [9.17, 15) is 13.5 Å². The van der Waals surface area contributed by atoms with E-state index in [0.29, 0.717) is 12.1 Å². The molecule has 5 nitrogen and oxygen atoms in total. The lowest BCUT2D eigenvalue weighted by Crippen LogP contribution is -2.25. The smallest absolute Gasteiger partial charge is 0.229 e. The zero-order valence-electron chi connectivity index (χ0n) is 13.9. The minimum absolute atomic E-state index is 0.0556. The van der Waals surface area contributed by atoms with Crippen LogP contribution in [0.3, 0.4) is 0 Å². The average molecular weight is 348 g/mol. The van der Waals surface area contributed by atoms with E-state index in [1.165, 1.54) is 0 Å². The third-order valence-corrected chi connectivity index (χ3v) is 4.39. The third-order valence-electron chi connectivity index (χ3n) is 3.78. The highest BCUT2D eigenvalue weighted by Gasteiger charge is 2.15. The van der Waals surface area contributed by atoms with Gasteiger partial charge in [0.2, 0.25) is 10.0 Å². The van der Waals surface area contributed by atoms with Crippen molar-refractivity contribution in [3.8, 4) is 0 Å². The summed E-state index contributed by atoms with van der Waals surface area (Å²) < 4.78 is 24.9. The van der Waals surface area contributed by atoms with Gasteiger partial charge in [-0.3, -0.25) is 4.72 Å². The van der Waals surface area contributed by atoms with Crippen LogP contribution in [0.4, 0.5) is 5.69 Å². The van der Waals surface area contributed by atoms with Gasteiger partial charge in [0.05, 0.1) is 6.26 Å². The average Bonchev–Trinajstić information content (AvgIpc) is 2.54. The molecule has 0 aliphatic rings. The quantitative estimate of drug-likeness (QED) is 0.685. The molecule has 24 heavy (non-hydrogen) atoms. The molecule has 0 saturated heterocycles. The summed E-state index contributed by atoms with van der Waals surface area (Å²) in [4.78, 5) is 0. The van der Waals surface area contributed by atoms with E-state index >= 15 is 0 Å². The number of nitrogens with one attached hydrogen (secondary N) is 2. The molecule has 0 heterocycles. The Labute approximate surface area is 143 Å². The SMILES string of the molecule is CC(N[C@H](CCO)c1ccccc1)c1ccc(NS(C)(=O)=O)cc1. The van der Waals surface area contributed by atoms with Gasteiger partial charge in [-0.1, -0.05) is 42.5 Å². The zero-order chi connectivity index (χ0) is 17.6. The van der Waals surface area contributed by atoms with Crippen LogP contribution in [0.25, 0.3) is 0 Å². The summed E-state index contributed by atoms with van der Waals surface area (Å²) in [5.41, 5.74) is 2.73. The van der Waals surface area contributed by atoms with Gasteiger partial charge in [0, 0.05) is 24.4 Å². The van der Waals surface area contributed by atoms with Crippen LogP contribution >= 0.6 is 0 Å². The van der Waals surface area contributed by atoms with Crippen molar-refractivity contribution in [2.45, 2.75) is 25.4 Å². The largest absolute Gasteiger partial charge is 0.396 e. The third kappa shape index (κ3) is 5.63. The Morgan fingerprint density at radius 3 is 2.17 bits per heavy atom. The summed E-state index contributed by atoms with van der Waals surface area (Å²) in [5, 5.41) is 12.8. The van der Waals surface area contributed by atoms with Gasteiger partial charge in [-0.05, 0) is 36.6 Å². The van der Waals surface area contributed by atoms with Crippen LogP contribution < -0.4 is 10.0 Å². The molecule has 130 valence electrons. The van der Waals surface area contributed by atoms with Crippen LogP contribution in [-0.4, -0.2) is 26.4 Å². The maximum absolute atomic E-state index is 11.2. The normalized spacial score (nSPS) is 14.1. The fourth-order valence-corrected chi connectivity index (χ4v) is 3.18. The maximum atomic E-state index is 11.2. The van der Waals surface area contributed by atoms with Crippen LogP contribution in [0, 0.1) is 0 Å². The molecule has 0 radical (unpaired) electrons. The molecule has 0 aliphatic heterocycles. The molecule has 0 aromatic heterocycles. The minimum atomic E-state index is -3.27. The molecular formula is C18H24N2O3S. The van der Waals surface area contributed by atoms with Gasteiger partial charge < -0.3 is 10.4 Å².